The van der Waals surface area contributed by atoms with Crippen molar-refractivity contribution in [2.24, 2.45) is 0 Å². The molecular formula is C11H13O6P. The van der Waals surface area contributed by atoms with Crippen molar-refractivity contribution in [1.82, 2.24) is 0 Å². The third-order valence-corrected chi connectivity index (χ3v) is 4.74. The summed E-state index contributed by atoms with van der Waals surface area (Å²) in [6.07, 6.45) is 0. The standard InChI is InChI=1S/C11H13O6P/c1-14-8-6-4-5-7-9(8)10(12)17-11(7)18(13,15-2)16-3/h4-6,11H,1-3H3. The van der Waals surface area contributed by atoms with Gasteiger partial charge >= 0.3 is 13.6 Å². The van der Waals surface area contributed by atoms with Gasteiger partial charge in [-0.3, -0.25) is 4.57 Å². The zero-order valence-electron chi connectivity index (χ0n) is 10.2. The van der Waals surface area contributed by atoms with E-state index in [0.717, 1.165) is 0 Å². The molecule has 2 rings (SSSR count). The van der Waals surface area contributed by atoms with Gasteiger partial charge in [0.2, 0.25) is 5.85 Å². The highest BCUT2D eigenvalue weighted by Crippen LogP contribution is 2.63. The predicted molar refractivity (Wildman–Crippen MR) is 62.8 cm³/mol. The molecule has 1 heterocycles. The second kappa shape index (κ2) is 4.72. The van der Waals surface area contributed by atoms with Gasteiger partial charge in [0.05, 0.1) is 7.11 Å². The summed E-state index contributed by atoms with van der Waals surface area (Å²) in [6, 6.07) is 4.95. The Balaban J connectivity index is 2.55. The van der Waals surface area contributed by atoms with E-state index in [1.54, 1.807) is 18.2 Å². The van der Waals surface area contributed by atoms with Gasteiger partial charge in [0, 0.05) is 19.8 Å². The van der Waals surface area contributed by atoms with Crippen LogP contribution < -0.4 is 4.74 Å². The first-order valence-corrected chi connectivity index (χ1v) is 6.77. The lowest BCUT2D eigenvalue weighted by atomic mass is 10.1. The number of fused-ring (bicyclic) bond motifs is 1. The van der Waals surface area contributed by atoms with Crippen LogP contribution in [0, 0.1) is 0 Å². The van der Waals surface area contributed by atoms with E-state index >= 15 is 0 Å². The lowest BCUT2D eigenvalue weighted by molar-refractivity contribution is 0.0454. The van der Waals surface area contributed by atoms with E-state index in [0.29, 0.717) is 11.3 Å². The van der Waals surface area contributed by atoms with Crippen LogP contribution in [0.15, 0.2) is 18.2 Å². The Morgan fingerprint density at radius 2 is 1.89 bits per heavy atom. The normalized spacial score (nSPS) is 18.4. The largest absolute Gasteiger partial charge is 0.496 e. The summed E-state index contributed by atoms with van der Waals surface area (Å²) in [5.41, 5.74) is 0.714. The summed E-state index contributed by atoms with van der Waals surface area (Å²) in [6.45, 7) is 0. The molecule has 7 heteroatoms. The van der Waals surface area contributed by atoms with Gasteiger partial charge in [-0.2, -0.15) is 0 Å². The minimum atomic E-state index is -3.53. The Kier molecular flexibility index (Phi) is 3.43. The summed E-state index contributed by atoms with van der Waals surface area (Å²) >= 11 is 0. The quantitative estimate of drug-likeness (QED) is 0.619. The molecule has 18 heavy (non-hydrogen) atoms. The maximum atomic E-state index is 12.3. The predicted octanol–water partition coefficient (Wildman–Crippen LogP) is 2.35. The van der Waals surface area contributed by atoms with Crippen LogP contribution in [-0.4, -0.2) is 27.3 Å². The maximum Gasteiger partial charge on any atom is 0.375 e. The molecule has 0 saturated heterocycles. The van der Waals surface area contributed by atoms with E-state index in [1.807, 2.05) is 0 Å². The van der Waals surface area contributed by atoms with E-state index < -0.39 is 19.4 Å². The van der Waals surface area contributed by atoms with Crippen LogP contribution in [0.4, 0.5) is 0 Å². The highest BCUT2D eigenvalue weighted by Gasteiger charge is 2.46. The van der Waals surface area contributed by atoms with Crippen molar-refractivity contribution in [1.29, 1.82) is 0 Å². The maximum absolute atomic E-state index is 12.3. The molecule has 0 N–H and O–H groups in total. The molecular weight excluding hydrogens is 259 g/mol. The van der Waals surface area contributed by atoms with Gasteiger partial charge in [-0.05, 0) is 6.07 Å². The van der Waals surface area contributed by atoms with Crippen LogP contribution in [0.5, 0.6) is 5.75 Å². The van der Waals surface area contributed by atoms with Crippen molar-refractivity contribution >= 4 is 13.6 Å². The Morgan fingerprint density at radius 3 is 2.44 bits per heavy atom. The molecule has 1 aromatic carbocycles. The van der Waals surface area contributed by atoms with Crippen molar-refractivity contribution in [2.45, 2.75) is 5.85 Å². The Hall–Kier alpha value is -1.36. The Labute approximate surface area is 104 Å². The second-order valence-electron chi connectivity index (χ2n) is 3.59. The minimum Gasteiger partial charge on any atom is -0.496 e. The molecule has 1 unspecified atom stereocenters. The van der Waals surface area contributed by atoms with Gasteiger partial charge in [-0.25, -0.2) is 4.79 Å². The minimum absolute atomic E-state index is 0.263. The van der Waals surface area contributed by atoms with Gasteiger partial charge in [-0.15, -0.1) is 0 Å². The van der Waals surface area contributed by atoms with Crippen molar-refractivity contribution < 1.29 is 27.9 Å². The van der Waals surface area contributed by atoms with Crippen LogP contribution in [-0.2, 0) is 18.3 Å². The third kappa shape index (κ3) is 1.82. The highest BCUT2D eigenvalue weighted by atomic mass is 31.2. The lowest BCUT2D eigenvalue weighted by Gasteiger charge is -2.19. The van der Waals surface area contributed by atoms with E-state index in [2.05, 4.69) is 0 Å². The molecule has 0 fully saturated rings. The van der Waals surface area contributed by atoms with E-state index in [9.17, 15) is 9.36 Å². The number of hydrogen-bond donors (Lipinski definition) is 0. The average Bonchev–Trinajstić information content (AvgIpc) is 2.76. The smallest absolute Gasteiger partial charge is 0.375 e. The highest BCUT2D eigenvalue weighted by molar-refractivity contribution is 7.54. The molecule has 0 amide bonds. The molecule has 6 nitrogen and oxygen atoms in total. The van der Waals surface area contributed by atoms with Crippen molar-refractivity contribution in [3.05, 3.63) is 29.3 Å². The first-order chi connectivity index (χ1) is 8.57. The number of carbonyl (C=O) groups excluding carboxylic acids is 1. The number of ether oxygens (including phenoxy) is 2. The first-order valence-electron chi connectivity index (χ1n) is 5.16. The number of esters is 1. The van der Waals surface area contributed by atoms with Crippen LogP contribution in [0.25, 0.3) is 0 Å². The fourth-order valence-electron chi connectivity index (χ4n) is 1.87. The van der Waals surface area contributed by atoms with E-state index in [1.165, 1.54) is 21.3 Å². The third-order valence-electron chi connectivity index (χ3n) is 2.76. The fourth-order valence-corrected chi connectivity index (χ4v) is 3.18. The molecule has 0 radical (unpaired) electrons. The zero-order chi connectivity index (χ0) is 13.3. The monoisotopic (exact) mass is 272 g/mol. The molecule has 1 aliphatic rings. The summed E-state index contributed by atoms with van der Waals surface area (Å²) in [7, 11) is 0.412. The van der Waals surface area contributed by atoms with Gasteiger partial charge < -0.3 is 18.5 Å². The SMILES string of the molecule is COc1cccc2c1C(=O)OC2P(=O)(OC)OC. The summed E-state index contributed by atoms with van der Waals surface area (Å²) in [4.78, 5) is 11.8. The fraction of sp³-hybridized carbons (Fsp3) is 0.364. The van der Waals surface area contributed by atoms with Gasteiger partial charge in [-0.1, -0.05) is 12.1 Å². The van der Waals surface area contributed by atoms with Gasteiger partial charge in [0.1, 0.15) is 11.3 Å². The number of carbonyl (C=O) groups is 1. The van der Waals surface area contributed by atoms with Crippen LogP contribution in [0.2, 0.25) is 0 Å². The average molecular weight is 272 g/mol. The number of hydrogen-bond acceptors (Lipinski definition) is 6. The van der Waals surface area contributed by atoms with E-state index in [4.69, 9.17) is 18.5 Å². The molecule has 1 aromatic rings. The summed E-state index contributed by atoms with van der Waals surface area (Å²) in [5.74, 6) is -1.27. The van der Waals surface area contributed by atoms with E-state index in [-0.39, 0.29) is 5.56 Å². The molecule has 0 aliphatic carbocycles. The molecule has 0 aromatic heterocycles. The molecule has 0 bridgehead atoms. The van der Waals surface area contributed by atoms with Crippen molar-refractivity contribution in [3.63, 3.8) is 0 Å². The van der Waals surface area contributed by atoms with Crippen LogP contribution in [0.3, 0.4) is 0 Å². The molecule has 98 valence electrons. The number of rotatable bonds is 4. The first kappa shape index (κ1) is 13.1. The van der Waals surface area contributed by atoms with Crippen LogP contribution in [0.1, 0.15) is 21.8 Å². The van der Waals surface area contributed by atoms with Gasteiger partial charge in [0.25, 0.3) is 0 Å². The Morgan fingerprint density at radius 1 is 1.22 bits per heavy atom. The number of benzene rings is 1. The lowest BCUT2D eigenvalue weighted by Crippen LogP contribution is -2.03. The van der Waals surface area contributed by atoms with Crippen molar-refractivity contribution in [3.8, 4) is 5.75 Å². The molecule has 1 aliphatic heterocycles. The number of methoxy groups -OCH3 is 1. The zero-order valence-corrected chi connectivity index (χ0v) is 11.1. The number of cyclic esters (lactones) is 1. The summed E-state index contributed by atoms with van der Waals surface area (Å²) in [5, 5.41) is 0. The summed E-state index contributed by atoms with van der Waals surface area (Å²) < 4.78 is 32.2. The topological polar surface area (TPSA) is 71.1 Å². The molecule has 0 spiro atoms. The molecule has 1 atom stereocenters. The van der Waals surface area contributed by atoms with Crippen molar-refractivity contribution in [2.75, 3.05) is 21.3 Å². The van der Waals surface area contributed by atoms with Crippen LogP contribution >= 0.6 is 7.60 Å². The second-order valence-corrected chi connectivity index (χ2v) is 5.87. The Bertz CT molecular complexity index is 518. The van der Waals surface area contributed by atoms with Gasteiger partial charge in [0.15, 0.2) is 0 Å². The molecule has 0 saturated carbocycles.